The third kappa shape index (κ3) is 2.39. The molecule has 1 amide bonds. The zero-order valence-electron chi connectivity index (χ0n) is 13.8. The standard InChI is InChI=1S/C20H20N2O2/c1-21-13-18(16-5-4-6-17(16)20(21)24)14-7-9-15(10-8-14)19(23)22-11-2-3-12-22/h4-5,7-10,13H,2-3,6,11-12H2,1H3. The summed E-state index contributed by atoms with van der Waals surface area (Å²) in [5.41, 5.74) is 4.74. The third-order valence-electron chi connectivity index (χ3n) is 4.96. The van der Waals surface area contributed by atoms with Crippen LogP contribution in [0.1, 0.15) is 34.3 Å². The SMILES string of the molecule is Cn1cc(-c2ccc(C(=O)N3CCCC3)cc2)c2c(c1=O)CC=C2. The average Bonchev–Trinajstić information content (AvgIpc) is 3.29. The summed E-state index contributed by atoms with van der Waals surface area (Å²) in [4.78, 5) is 26.6. The van der Waals surface area contributed by atoms with E-state index in [1.54, 1.807) is 11.6 Å². The fourth-order valence-electron chi connectivity index (χ4n) is 3.62. The number of nitrogens with zero attached hydrogens (tertiary/aromatic N) is 2. The first-order valence-electron chi connectivity index (χ1n) is 8.44. The molecule has 4 heteroatoms. The topological polar surface area (TPSA) is 42.3 Å². The van der Waals surface area contributed by atoms with Crippen LogP contribution in [0, 0.1) is 0 Å². The molecule has 1 aromatic heterocycles. The van der Waals surface area contributed by atoms with E-state index in [2.05, 4.69) is 0 Å². The summed E-state index contributed by atoms with van der Waals surface area (Å²) in [5, 5.41) is 0. The van der Waals surface area contributed by atoms with Crippen molar-refractivity contribution in [2.24, 2.45) is 7.05 Å². The lowest BCUT2D eigenvalue weighted by atomic mass is 9.98. The molecule has 0 unspecified atom stereocenters. The second-order valence-electron chi connectivity index (χ2n) is 6.53. The van der Waals surface area contributed by atoms with Gasteiger partial charge in [0, 0.05) is 43.0 Å². The van der Waals surface area contributed by atoms with E-state index in [0.29, 0.717) is 6.42 Å². The second-order valence-corrected chi connectivity index (χ2v) is 6.53. The van der Waals surface area contributed by atoms with Gasteiger partial charge in [0.15, 0.2) is 0 Å². The van der Waals surface area contributed by atoms with Crippen molar-refractivity contribution in [1.29, 1.82) is 0 Å². The fraction of sp³-hybridized carbons (Fsp3) is 0.300. The highest BCUT2D eigenvalue weighted by Crippen LogP contribution is 2.29. The molecule has 0 N–H and O–H groups in total. The van der Waals surface area contributed by atoms with Crippen molar-refractivity contribution < 1.29 is 4.79 Å². The molecule has 2 aliphatic rings. The molecular formula is C20H20N2O2. The summed E-state index contributed by atoms with van der Waals surface area (Å²) < 4.78 is 1.64. The third-order valence-corrected chi connectivity index (χ3v) is 4.96. The van der Waals surface area contributed by atoms with Gasteiger partial charge in [-0.2, -0.15) is 0 Å². The maximum Gasteiger partial charge on any atom is 0.254 e. The lowest BCUT2D eigenvalue weighted by Gasteiger charge is -2.16. The number of amides is 1. The lowest BCUT2D eigenvalue weighted by Crippen LogP contribution is -2.27. The van der Waals surface area contributed by atoms with E-state index in [0.717, 1.165) is 53.7 Å². The van der Waals surface area contributed by atoms with Crippen molar-refractivity contribution in [3.63, 3.8) is 0 Å². The monoisotopic (exact) mass is 320 g/mol. The molecule has 0 atom stereocenters. The molecule has 24 heavy (non-hydrogen) atoms. The Bertz CT molecular complexity index is 885. The molecule has 1 aliphatic carbocycles. The molecule has 0 spiro atoms. The molecule has 0 bridgehead atoms. The van der Waals surface area contributed by atoms with E-state index in [9.17, 15) is 9.59 Å². The Labute approximate surface area is 141 Å². The maximum atomic E-state index is 12.5. The molecule has 2 aromatic rings. The zero-order valence-corrected chi connectivity index (χ0v) is 13.8. The van der Waals surface area contributed by atoms with Gasteiger partial charge in [0.25, 0.3) is 11.5 Å². The molecular weight excluding hydrogens is 300 g/mol. The van der Waals surface area contributed by atoms with Crippen LogP contribution in [0.15, 0.2) is 41.3 Å². The first-order valence-corrected chi connectivity index (χ1v) is 8.44. The molecule has 122 valence electrons. The number of likely N-dealkylation sites (tertiary alicyclic amines) is 1. The lowest BCUT2D eigenvalue weighted by molar-refractivity contribution is 0.0793. The Morgan fingerprint density at radius 2 is 1.79 bits per heavy atom. The Balaban J connectivity index is 1.70. The summed E-state index contributed by atoms with van der Waals surface area (Å²) in [6, 6.07) is 7.75. The number of hydrogen-bond donors (Lipinski definition) is 0. The Kier molecular flexibility index (Phi) is 3.60. The van der Waals surface area contributed by atoms with E-state index in [4.69, 9.17) is 0 Å². The van der Waals surface area contributed by atoms with Gasteiger partial charge in [0.05, 0.1) is 0 Å². The van der Waals surface area contributed by atoms with Crippen molar-refractivity contribution in [3.8, 4) is 11.1 Å². The van der Waals surface area contributed by atoms with Crippen LogP contribution in [0.5, 0.6) is 0 Å². The molecule has 4 rings (SSSR count). The van der Waals surface area contributed by atoms with Gasteiger partial charge in [-0.05, 0) is 42.5 Å². The van der Waals surface area contributed by atoms with Crippen molar-refractivity contribution in [3.05, 3.63) is 63.6 Å². The Hall–Kier alpha value is -2.62. The summed E-state index contributed by atoms with van der Waals surface area (Å²) in [7, 11) is 1.79. The van der Waals surface area contributed by atoms with E-state index >= 15 is 0 Å². The van der Waals surface area contributed by atoms with E-state index in [1.165, 1.54) is 0 Å². The predicted octanol–water partition coefficient (Wildman–Crippen LogP) is 2.86. The smallest absolute Gasteiger partial charge is 0.254 e. The Morgan fingerprint density at radius 3 is 2.50 bits per heavy atom. The van der Waals surface area contributed by atoms with Gasteiger partial charge in [-0.15, -0.1) is 0 Å². The van der Waals surface area contributed by atoms with E-state index in [-0.39, 0.29) is 11.5 Å². The first kappa shape index (κ1) is 14.9. The number of carbonyl (C=O) groups is 1. The van der Waals surface area contributed by atoms with E-state index in [1.807, 2.05) is 47.5 Å². The van der Waals surface area contributed by atoms with Crippen LogP contribution in [-0.4, -0.2) is 28.5 Å². The molecule has 0 radical (unpaired) electrons. The van der Waals surface area contributed by atoms with Gasteiger partial charge in [-0.1, -0.05) is 24.3 Å². The van der Waals surface area contributed by atoms with Gasteiger partial charge in [-0.3, -0.25) is 9.59 Å². The van der Waals surface area contributed by atoms with Crippen molar-refractivity contribution >= 4 is 12.0 Å². The number of carbonyl (C=O) groups excluding carboxylic acids is 1. The van der Waals surface area contributed by atoms with Crippen molar-refractivity contribution in [2.75, 3.05) is 13.1 Å². The first-order chi connectivity index (χ1) is 11.6. The van der Waals surface area contributed by atoms with Gasteiger partial charge in [-0.25, -0.2) is 0 Å². The number of aryl methyl sites for hydroxylation is 1. The quantitative estimate of drug-likeness (QED) is 0.854. The van der Waals surface area contributed by atoms with E-state index < -0.39 is 0 Å². The minimum Gasteiger partial charge on any atom is -0.339 e. The number of rotatable bonds is 2. The zero-order chi connectivity index (χ0) is 16.7. The Morgan fingerprint density at radius 1 is 1.08 bits per heavy atom. The van der Waals surface area contributed by atoms with Crippen LogP contribution in [0.25, 0.3) is 17.2 Å². The summed E-state index contributed by atoms with van der Waals surface area (Å²) >= 11 is 0. The van der Waals surface area contributed by atoms with Crippen LogP contribution in [0.3, 0.4) is 0 Å². The molecule has 1 fully saturated rings. The van der Waals surface area contributed by atoms with Crippen LogP contribution < -0.4 is 5.56 Å². The predicted molar refractivity (Wildman–Crippen MR) is 95.0 cm³/mol. The summed E-state index contributed by atoms with van der Waals surface area (Å²) in [5.74, 6) is 0.115. The molecule has 4 nitrogen and oxygen atoms in total. The highest BCUT2D eigenvalue weighted by molar-refractivity contribution is 5.95. The largest absolute Gasteiger partial charge is 0.339 e. The number of allylic oxidation sites excluding steroid dienone is 1. The fourth-order valence-corrected chi connectivity index (χ4v) is 3.62. The number of fused-ring (bicyclic) bond motifs is 1. The van der Waals surface area contributed by atoms with Gasteiger partial charge in [0.1, 0.15) is 0 Å². The minimum absolute atomic E-state index is 0.0691. The van der Waals surface area contributed by atoms with Gasteiger partial charge < -0.3 is 9.47 Å². The summed E-state index contributed by atoms with van der Waals surface area (Å²) in [6.45, 7) is 1.72. The van der Waals surface area contributed by atoms with Crippen molar-refractivity contribution in [1.82, 2.24) is 9.47 Å². The van der Waals surface area contributed by atoms with Crippen molar-refractivity contribution in [2.45, 2.75) is 19.3 Å². The molecule has 0 saturated carbocycles. The molecule has 1 aliphatic heterocycles. The average molecular weight is 320 g/mol. The molecule has 1 aromatic carbocycles. The van der Waals surface area contributed by atoms with Crippen LogP contribution in [0.4, 0.5) is 0 Å². The highest BCUT2D eigenvalue weighted by atomic mass is 16.2. The number of aromatic nitrogens is 1. The van der Waals surface area contributed by atoms with Crippen LogP contribution in [-0.2, 0) is 13.5 Å². The van der Waals surface area contributed by atoms with Crippen LogP contribution >= 0.6 is 0 Å². The maximum absolute atomic E-state index is 12.5. The molecule has 2 heterocycles. The number of hydrogen-bond acceptors (Lipinski definition) is 2. The van der Waals surface area contributed by atoms with Gasteiger partial charge >= 0.3 is 0 Å². The normalized spacial score (nSPS) is 15.8. The van der Waals surface area contributed by atoms with Crippen LogP contribution in [0.2, 0.25) is 0 Å². The van der Waals surface area contributed by atoms with Gasteiger partial charge in [0.2, 0.25) is 0 Å². The molecule has 1 saturated heterocycles. The number of pyridine rings is 1. The number of benzene rings is 1. The summed E-state index contributed by atoms with van der Waals surface area (Å²) in [6.07, 6.45) is 8.83. The minimum atomic E-state index is 0.0691. The highest BCUT2D eigenvalue weighted by Gasteiger charge is 2.20. The second kappa shape index (κ2) is 5.78.